The summed E-state index contributed by atoms with van der Waals surface area (Å²) >= 11 is 6.04. The van der Waals surface area contributed by atoms with Gasteiger partial charge < -0.3 is 15.5 Å². The minimum atomic E-state index is -0.356. The first kappa shape index (κ1) is 22.9. The smallest absolute Gasteiger partial charge is 0.314 e. The van der Waals surface area contributed by atoms with Gasteiger partial charge in [0.2, 0.25) is 5.91 Å². The van der Waals surface area contributed by atoms with Crippen LogP contribution in [0, 0.1) is 11.8 Å². The number of piperidine rings is 1. The average molecular weight is 435 g/mol. The first-order valence-corrected chi connectivity index (χ1v) is 11.5. The Morgan fingerprint density at radius 2 is 1.70 bits per heavy atom. The monoisotopic (exact) mass is 434 g/mol. The van der Waals surface area contributed by atoms with E-state index in [9.17, 15) is 9.59 Å². The predicted molar refractivity (Wildman–Crippen MR) is 120 cm³/mol. The normalized spacial score (nSPS) is 22.4. The van der Waals surface area contributed by atoms with E-state index in [0.29, 0.717) is 37.4 Å². The van der Waals surface area contributed by atoms with Gasteiger partial charge in [0.05, 0.1) is 0 Å². The summed E-state index contributed by atoms with van der Waals surface area (Å²) in [5, 5.41) is 0.753. The zero-order chi connectivity index (χ0) is 21.8. The fourth-order valence-corrected chi connectivity index (χ4v) is 4.86. The standard InChI is InChI=1S/C23H35ClN4O2/c1-16(2)21-15-27(17(3)19-4-6-20(24)7-5-19)12-13-28(21)22(29)14-18-8-10-26(11-9-18)23(25)30/h4-7,16-18,21H,8-15H2,1-3H3,(H2,25,30). The van der Waals surface area contributed by atoms with Crippen molar-refractivity contribution in [2.24, 2.45) is 17.6 Å². The minimum Gasteiger partial charge on any atom is -0.351 e. The zero-order valence-corrected chi connectivity index (χ0v) is 19.1. The highest BCUT2D eigenvalue weighted by atomic mass is 35.5. The van der Waals surface area contributed by atoms with E-state index in [-0.39, 0.29) is 18.0 Å². The summed E-state index contributed by atoms with van der Waals surface area (Å²) in [6, 6.07) is 8.21. The lowest BCUT2D eigenvalue weighted by atomic mass is 9.91. The summed E-state index contributed by atoms with van der Waals surface area (Å²) in [5.74, 6) is 0.989. The number of hydrogen-bond acceptors (Lipinski definition) is 3. The van der Waals surface area contributed by atoms with E-state index in [2.05, 4.69) is 42.7 Å². The Hall–Kier alpha value is -1.79. The van der Waals surface area contributed by atoms with Gasteiger partial charge in [0, 0.05) is 56.3 Å². The molecule has 0 aromatic heterocycles. The van der Waals surface area contributed by atoms with Gasteiger partial charge in [-0.15, -0.1) is 0 Å². The zero-order valence-electron chi connectivity index (χ0n) is 18.4. The number of nitrogens with zero attached hydrogens (tertiary/aromatic N) is 3. The number of nitrogens with two attached hydrogens (primary N) is 1. The van der Waals surface area contributed by atoms with Crippen molar-refractivity contribution in [1.82, 2.24) is 14.7 Å². The van der Waals surface area contributed by atoms with Crippen LogP contribution in [0.15, 0.2) is 24.3 Å². The lowest BCUT2D eigenvalue weighted by Gasteiger charge is -2.46. The van der Waals surface area contributed by atoms with Crippen LogP contribution in [0.1, 0.15) is 51.6 Å². The molecule has 0 spiro atoms. The maximum atomic E-state index is 13.2. The highest BCUT2D eigenvalue weighted by Crippen LogP contribution is 2.29. The summed E-state index contributed by atoms with van der Waals surface area (Å²) in [6.45, 7) is 10.5. The molecule has 2 aliphatic rings. The van der Waals surface area contributed by atoms with E-state index in [1.807, 2.05) is 12.1 Å². The molecule has 0 bridgehead atoms. The van der Waals surface area contributed by atoms with Crippen LogP contribution in [0.4, 0.5) is 4.79 Å². The van der Waals surface area contributed by atoms with Crippen molar-refractivity contribution < 1.29 is 9.59 Å². The third-order valence-electron chi connectivity index (χ3n) is 6.83. The van der Waals surface area contributed by atoms with Crippen LogP contribution in [0.5, 0.6) is 0 Å². The number of amides is 3. The molecular weight excluding hydrogens is 400 g/mol. The number of hydrogen-bond donors (Lipinski definition) is 1. The molecule has 6 nitrogen and oxygen atoms in total. The Labute approximate surface area is 185 Å². The van der Waals surface area contributed by atoms with Crippen molar-refractivity contribution in [3.05, 3.63) is 34.9 Å². The van der Waals surface area contributed by atoms with Crippen LogP contribution < -0.4 is 5.73 Å². The molecule has 3 rings (SSSR count). The molecule has 3 amide bonds. The molecule has 0 saturated carbocycles. The van der Waals surface area contributed by atoms with E-state index in [1.165, 1.54) is 5.56 Å². The van der Waals surface area contributed by atoms with Crippen molar-refractivity contribution in [3.8, 4) is 0 Å². The van der Waals surface area contributed by atoms with E-state index in [4.69, 9.17) is 17.3 Å². The third kappa shape index (κ3) is 5.46. The second-order valence-electron chi connectivity index (χ2n) is 9.09. The number of urea groups is 1. The average Bonchev–Trinajstić information content (AvgIpc) is 2.73. The maximum Gasteiger partial charge on any atom is 0.314 e. The third-order valence-corrected chi connectivity index (χ3v) is 7.08. The Bertz CT molecular complexity index is 731. The number of piperazine rings is 1. The van der Waals surface area contributed by atoms with Gasteiger partial charge in [-0.25, -0.2) is 4.79 Å². The highest BCUT2D eigenvalue weighted by molar-refractivity contribution is 6.30. The van der Waals surface area contributed by atoms with Crippen molar-refractivity contribution in [3.63, 3.8) is 0 Å². The van der Waals surface area contributed by atoms with Gasteiger partial charge in [-0.1, -0.05) is 37.6 Å². The van der Waals surface area contributed by atoms with Crippen LogP contribution in [-0.2, 0) is 4.79 Å². The van der Waals surface area contributed by atoms with Crippen LogP contribution in [0.2, 0.25) is 5.02 Å². The Kier molecular flexibility index (Phi) is 7.64. The number of likely N-dealkylation sites (tertiary alicyclic amines) is 1. The van der Waals surface area contributed by atoms with Crippen LogP contribution in [0.25, 0.3) is 0 Å². The SMILES string of the molecule is CC(C)C1CN(C(C)c2ccc(Cl)cc2)CCN1C(=O)CC1CCN(C(N)=O)CC1. The molecule has 0 aliphatic carbocycles. The maximum absolute atomic E-state index is 13.2. The first-order valence-electron chi connectivity index (χ1n) is 11.1. The summed E-state index contributed by atoms with van der Waals surface area (Å²) in [4.78, 5) is 30.7. The topological polar surface area (TPSA) is 69.9 Å². The molecule has 30 heavy (non-hydrogen) atoms. The molecule has 2 heterocycles. The number of carbonyl (C=O) groups excluding carboxylic acids is 2. The molecule has 2 unspecified atom stereocenters. The van der Waals surface area contributed by atoms with Gasteiger partial charge >= 0.3 is 6.03 Å². The highest BCUT2D eigenvalue weighted by Gasteiger charge is 2.35. The van der Waals surface area contributed by atoms with Crippen LogP contribution in [0.3, 0.4) is 0 Å². The summed E-state index contributed by atoms with van der Waals surface area (Å²) in [7, 11) is 0. The van der Waals surface area contributed by atoms with Gasteiger partial charge in [0.15, 0.2) is 0 Å². The molecule has 1 aromatic rings. The second-order valence-corrected chi connectivity index (χ2v) is 9.53. The van der Waals surface area contributed by atoms with Gasteiger partial charge in [0.25, 0.3) is 0 Å². The summed E-state index contributed by atoms with van der Waals surface area (Å²) < 4.78 is 0. The molecule has 1 aromatic carbocycles. The predicted octanol–water partition coefficient (Wildman–Crippen LogP) is 3.75. The lowest BCUT2D eigenvalue weighted by molar-refractivity contribution is -0.139. The van der Waals surface area contributed by atoms with E-state index < -0.39 is 0 Å². The Morgan fingerprint density at radius 3 is 2.27 bits per heavy atom. The van der Waals surface area contributed by atoms with Gasteiger partial charge in [-0.3, -0.25) is 9.69 Å². The van der Waals surface area contributed by atoms with Gasteiger partial charge in [0.1, 0.15) is 0 Å². The van der Waals surface area contributed by atoms with Crippen molar-refractivity contribution in [2.45, 2.75) is 52.1 Å². The lowest BCUT2D eigenvalue weighted by Crippen LogP contribution is -2.57. The number of benzene rings is 1. The van der Waals surface area contributed by atoms with Crippen molar-refractivity contribution in [1.29, 1.82) is 0 Å². The molecule has 2 atom stereocenters. The molecule has 166 valence electrons. The molecule has 2 aliphatic heterocycles. The molecule has 2 N–H and O–H groups in total. The van der Waals surface area contributed by atoms with Crippen molar-refractivity contribution in [2.75, 3.05) is 32.7 Å². The van der Waals surface area contributed by atoms with E-state index in [1.54, 1.807) is 4.90 Å². The Morgan fingerprint density at radius 1 is 1.07 bits per heavy atom. The van der Waals surface area contributed by atoms with Crippen molar-refractivity contribution >= 4 is 23.5 Å². The number of halogens is 1. The number of carbonyl (C=O) groups is 2. The van der Waals surface area contributed by atoms with E-state index in [0.717, 1.165) is 37.5 Å². The fraction of sp³-hybridized carbons (Fsp3) is 0.652. The first-order chi connectivity index (χ1) is 14.3. The fourth-order valence-electron chi connectivity index (χ4n) is 4.74. The van der Waals surface area contributed by atoms with E-state index >= 15 is 0 Å². The van der Waals surface area contributed by atoms with Crippen LogP contribution in [-0.4, -0.2) is 65.4 Å². The van der Waals surface area contributed by atoms with Gasteiger partial charge in [-0.05, 0) is 49.3 Å². The number of primary amides is 1. The molecule has 7 heteroatoms. The number of rotatable bonds is 5. The largest absolute Gasteiger partial charge is 0.351 e. The summed E-state index contributed by atoms with van der Waals surface area (Å²) in [6.07, 6.45) is 2.28. The Balaban J connectivity index is 1.59. The van der Waals surface area contributed by atoms with Crippen LogP contribution >= 0.6 is 11.6 Å². The summed E-state index contributed by atoms with van der Waals surface area (Å²) in [5.41, 5.74) is 6.62. The molecule has 0 radical (unpaired) electrons. The second kappa shape index (κ2) is 10.0. The van der Waals surface area contributed by atoms with Gasteiger partial charge in [-0.2, -0.15) is 0 Å². The molecular formula is C23H35ClN4O2. The minimum absolute atomic E-state index is 0.215. The molecule has 2 saturated heterocycles. The quantitative estimate of drug-likeness (QED) is 0.767. The molecule has 2 fully saturated rings.